The van der Waals surface area contributed by atoms with Crippen LogP contribution in [0.2, 0.25) is 0 Å². The van der Waals surface area contributed by atoms with Gasteiger partial charge in [-0.25, -0.2) is 0 Å². The van der Waals surface area contributed by atoms with Gasteiger partial charge in [0.25, 0.3) is 0 Å². The largest absolute Gasteiger partial charge is 0.489 e. The number of nitrogens with one attached hydrogen (secondary N) is 1. The Hall–Kier alpha value is -3.27. The van der Waals surface area contributed by atoms with Crippen LogP contribution in [0.15, 0.2) is 78.9 Å². The van der Waals surface area contributed by atoms with E-state index in [0.29, 0.717) is 19.6 Å². The average Bonchev–Trinajstić information content (AvgIpc) is 2.75. The number of rotatable bonds is 6. The van der Waals surface area contributed by atoms with E-state index in [2.05, 4.69) is 47.5 Å². The van der Waals surface area contributed by atoms with Crippen molar-refractivity contribution in [1.82, 2.24) is 5.32 Å². The Morgan fingerprint density at radius 2 is 1.69 bits per heavy atom. The Morgan fingerprint density at radius 1 is 1.00 bits per heavy atom. The Labute approximate surface area is 172 Å². The number of carbonyl (C=O) groups is 1. The molecule has 1 atom stereocenters. The fraction of sp³-hybridized carbons (Fsp3) is 0.240. The topological polar surface area (TPSA) is 41.6 Å². The second-order valence-corrected chi connectivity index (χ2v) is 7.52. The van der Waals surface area contributed by atoms with Gasteiger partial charge in [-0.15, -0.1) is 0 Å². The summed E-state index contributed by atoms with van der Waals surface area (Å²) in [6.07, 6.45) is 0.396. The zero-order valence-corrected chi connectivity index (χ0v) is 16.7. The third kappa shape index (κ3) is 4.77. The highest BCUT2D eigenvalue weighted by molar-refractivity contribution is 5.77. The second kappa shape index (κ2) is 8.82. The molecule has 1 aliphatic rings. The number of nitrogens with zero attached hydrogens (tertiary/aromatic N) is 1. The predicted molar refractivity (Wildman–Crippen MR) is 116 cm³/mol. The molecule has 0 unspecified atom stereocenters. The molecule has 1 amide bonds. The number of ether oxygens (including phenoxy) is 1. The van der Waals surface area contributed by atoms with Gasteiger partial charge < -0.3 is 15.0 Å². The third-order valence-corrected chi connectivity index (χ3v) is 5.25. The molecule has 0 radical (unpaired) electrons. The van der Waals surface area contributed by atoms with Crippen LogP contribution in [0.5, 0.6) is 5.75 Å². The Bertz CT molecular complexity index is 957. The maximum absolute atomic E-state index is 12.7. The van der Waals surface area contributed by atoms with Gasteiger partial charge in [0.1, 0.15) is 12.4 Å². The molecule has 3 aromatic carbocycles. The van der Waals surface area contributed by atoms with E-state index in [-0.39, 0.29) is 11.9 Å². The first-order valence-electron chi connectivity index (χ1n) is 10.0. The van der Waals surface area contributed by atoms with Crippen LogP contribution in [0, 0.1) is 6.92 Å². The van der Waals surface area contributed by atoms with Crippen LogP contribution in [-0.2, 0) is 17.9 Å². The highest BCUT2D eigenvalue weighted by atomic mass is 16.5. The van der Waals surface area contributed by atoms with Crippen LogP contribution in [0.3, 0.4) is 0 Å². The van der Waals surface area contributed by atoms with E-state index in [1.165, 1.54) is 11.1 Å². The normalized spacial score (nSPS) is 15.3. The van der Waals surface area contributed by atoms with Crippen molar-refractivity contribution in [3.8, 4) is 5.75 Å². The van der Waals surface area contributed by atoms with Crippen molar-refractivity contribution in [3.63, 3.8) is 0 Å². The number of amides is 1. The lowest BCUT2D eigenvalue weighted by Crippen LogP contribution is -2.45. The molecule has 0 aliphatic carbocycles. The summed E-state index contributed by atoms with van der Waals surface area (Å²) in [5.74, 6) is 0.929. The molecule has 148 valence electrons. The van der Waals surface area contributed by atoms with E-state index in [9.17, 15) is 4.79 Å². The molecule has 4 nitrogen and oxygen atoms in total. The van der Waals surface area contributed by atoms with E-state index in [1.54, 1.807) is 0 Å². The fourth-order valence-electron chi connectivity index (χ4n) is 3.69. The van der Waals surface area contributed by atoms with Gasteiger partial charge in [0.05, 0.1) is 18.2 Å². The van der Waals surface area contributed by atoms with Gasteiger partial charge in [-0.3, -0.25) is 4.79 Å². The third-order valence-electron chi connectivity index (χ3n) is 5.25. The molecule has 3 aromatic rings. The van der Waals surface area contributed by atoms with Crippen LogP contribution in [-0.4, -0.2) is 18.6 Å². The smallest absolute Gasteiger partial charge is 0.222 e. The lowest BCUT2D eigenvalue weighted by molar-refractivity contribution is -0.121. The fourth-order valence-corrected chi connectivity index (χ4v) is 3.69. The lowest BCUT2D eigenvalue weighted by Gasteiger charge is -2.38. The second-order valence-electron chi connectivity index (χ2n) is 7.52. The highest BCUT2D eigenvalue weighted by Crippen LogP contribution is 2.36. The van der Waals surface area contributed by atoms with E-state index >= 15 is 0 Å². The number of fused-ring (bicyclic) bond motifs is 1. The van der Waals surface area contributed by atoms with E-state index in [0.717, 1.165) is 23.5 Å². The number of benzene rings is 3. The molecule has 0 spiro atoms. The number of aryl methyl sites for hydroxylation is 1. The Balaban J connectivity index is 1.49. The minimum atomic E-state index is -0.0128. The Morgan fingerprint density at radius 3 is 2.41 bits per heavy atom. The van der Waals surface area contributed by atoms with E-state index in [4.69, 9.17) is 4.74 Å². The summed E-state index contributed by atoms with van der Waals surface area (Å²) in [6, 6.07) is 26.6. The van der Waals surface area contributed by atoms with Crippen molar-refractivity contribution in [2.45, 2.75) is 32.5 Å². The zero-order valence-electron chi connectivity index (χ0n) is 16.7. The number of carbonyl (C=O) groups excluding carboxylic acids is 1. The minimum absolute atomic E-state index is 0.0128. The van der Waals surface area contributed by atoms with Crippen LogP contribution >= 0.6 is 0 Å². The Kier molecular flexibility index (Phi) is 5.80. The van der Waals surface area contributed by atoms with Crippen LogP contribution in [0.4, 0.5) is 5.69 Å². The quantitative estimate of drug-likeness (QED) is 0.680. The number of hydrogen-bond donors (Lipinski definition) is 1. The molecule has 1 heterocycles. The maximum Gasteiger partial charge on any atom is 0.222 e. The standard InChI is InChI=1S/C25H26N2O2/c1-19-12-13-23-24(14-19)29-18-22(27(23)17-21-10-6-3-7-11-21)15-25(28)26-16-20-8-4-2-5-9-20/h2-14,22H,15-18H2,1H3,(H,26,28)/t22-/m1/s1. The SMILES string of the molecule is Cc1ccc2c(c1)OC[C@@H](CC(=O)NCc1ccccc1)N2Cc1ccccc1. The summed E-state index contributed by atoms with van der Waals surface area (Å²) >= 11 is 0. The molecule has 4 rings (SSSR count). The molecule has 0 fully saturated rings. The van der Waals surface area contributed by atoms with E-state index in [1.807, 2.05) is 48.5 Å². The highest BCUT2D eigenvalue weighted by Gasteiger charge is 2.29. The molecule has 1 aliphatic heterocycles. The van der Waals surface area contributed by atoms with Crippen molar-refractivity contribution in [2.24, 2.45) is 0 Å². The molecule has 0 saturated carbocycles. The molecule has 29 heavy (non-hydrogen) atoms. The summed E-state index contributed by atoms with van der Waals surface area (Å²) in [5, 5.41) is 3.04. The predicted octanol–water partition coefficient (Wildman–Crippen LogP) is 4.47. The molecule has 1 N–H and O–H groups in total. The summed E-state index contributed by atoms with van der Waals surface area (Å²) < 4.78 is 6.03. The van der Waals surface area contributed by atoms with Gasteiger partial charge in [-0.2, -0.15) is 0 Å². The first-order valence-corrected chi connectivity index (χ1v) is 10.0. The van der Waals surface area contributed by atoms with Gasteiger partial charge in [0.2, 0.25) is 5.91 Å². The number of anilines is 1. The van der Waals surface area contributed by atoms with Gasteiger partial charge >= 0.3 is 0 Å². The molecule has 0 bridgehead atoms. The van der Waals surface area contributed by atoms with Crippen molar-refractivity contribution in [3.05, 3.63) is 95.6 Å². The summed E-state index contributed by atoms with van der Waals surface area (Å²) in [6.45, 7) is 3.86. The molecule has 0 aromatic heterocycles. The van der Waals surface area contributed by atoms with Crippen molar-refractivity contribution < 1.29 is 9.53 Å². The first kappa shape index (κ1) is 19.1. The van der Waals surface area contributed by atoms with Crippen LogP contribution < -0.4 is 15.0 Å². The molecule has 4 heteroatoms. The molecular formula is C25H26N2O2. The first-order chi connectivity index (χ1) is 14.2. The lowest BCUT2D eigenvalue weighted by atomic mass is 10.0. The molecular weight excluding hydrogens is 360 g/mol. The summed E-state index contributed by atoms with van der Waals surface area (Å²) in [7, 11) is 0. The van der Waals surface area contributed by atoms with Crippen molar-refractivity contribution in [2.75, 3.05) is 11.5 Å². The maximum atomic E-state index is 12.7. The van der Waals surface area contributed by atoms with Crippen LogP contribution in [0.1, 0.15) is 23.1 Å². The number of hydrogen-bond acceptors (Lipinski definition) is 3. The average molecular weight is 386 g/mol. The van der Waals surface area contributed by atoms with Gasteiger partial charge in [-0.05, 0) is 35.7 Å². The molecule has 0 saturated heterocycles. The van der Waals surface area contributed by atoms with Gasteiger partial charge in [-0.1, -0.05) is 66.7 Å². The van der Waals surface area contributed by atoms with Crippen LogP contribution in [0.25, 0.3) is 0 Å². The summed E-state index contributed by atoms with van der Waals surface area (Å²) in [4.78, 5) is 15.0. The van der Waals surface area contributed by atoms with Gasteiger partial charge in [0.15, 0.2) is 0 Å². The van der Waals surface area contributed by atoms with E-state index < -0.39 is 0 Å². The summed E-state index contributed by atoms with van der Waals surface area (Å²) in [5.41, 5.74) is 4.53. The monoisotopic (exact) mass is 386 g/mol. The van der Waals surface area contributed by atoms with Crippen molar-refractivity contribution in [1.29, 1.82) is 0 Å². The van der Waals surface area contributed by atoms with Gasteiger partial charge in [0, 0.05) is 13.1 Å². The minimum Gasteiger partial charge on any atom is -0.489 e. The zero-order chi connectivity index (χ0) is 20.1. The van der Waals surface area contributed by atoms with Crippen molar-refractivity contribution >= 4 is 11.6 Å².